The van der Waals surface area contributed by atoms with Crippen molar-refractivity contribution >= 4 is 29.6 Å². The lowest BCUT2D eigenvalue weighted by molar-refractivity contribution is -0.122. The Morgan fingerprint density at radius 3 is 2.29 bits per heavy atom. The number of amides is 4. The summed E-state index contributed by atoms with van der Waals surface area (Å²) >= 11 is 0. The number of rotatable bonds is 5. The van der Waals surface area contributed by atoms with Crippen LogP contribution in [0.3, 0.4) is 0 Å². The predicted molar refractivity (Wildman–Crippen MR) is 134 cm³/mol. The van der Waals surface area contributed by atoms with Gasteiger partial charge in [0.25, 0.3) is 11.8 Å². The van der Waals surface area contributed by atoms with E-state index >= 15 is 0 Å². The van der Waals surface area contributed by atoms with Crippen molar-refractivity contribution in [2.75, 3.05) is 4.90 Å². The van der Waals surface area contributed by atoms with Gasteiger partial charge in [-0.2, -0.15) is 0 Å². The average Bonchev–Trinajstić information content (AvgIpc) is 3.09. The summed E-state index contributed by atoms with van der Waals surface area (Å²) in [6.45, 7) is 10.2. The van der Waals surface area contributed by atoms with Crippen LogP contribution >= 0.6 is 0 Å². The maximum Gasteiger partial charge on any atom is 0.335 e. The van der Waals surface area contributed by atoms with Gasteiger partial charge in [0.15, 0.2) is 0 Å². The number of para-hydroxylation sites is 1. The lowest BCUT2D eigenvalue weighted by atomic mass is 9.98. The highest BCUT2D eigenvalue weighted by molar-refractivity contribution is 6.39. The normalized spacial score (nSPS) is 16.2. The summed E-state index contributed by atoms with van der Waals surface area (Å²) in [6.07, 6.45) is 2.56. The van der Waals surface area contributed by atoms with E-state index in [1.54, 1.807) is 18.2 Å². The molecule has 0 saturated carbocycles. The van der Waals surface area contributed by atoms with Crippen molar-refractivity contribution in [1.29, 1.82) is 0 Å². The Morgan fingerprint density at radius 1 is 0.971 bits per heavy atom. The highest BCUT2D eigenvalue weighted by Crippen LogP contribution is 2.28. The molecule has 4 amide bonds. The Bertz CT molecular complexity index is 1320. The molecule has 1 atom stereocenters. The Hall–Kier alpha value is -3.93. The van der Waals surface area contributed by atoms with Crippen LogP contribution in [0.15, 0.2) is 60.2 Å². The fraction of sp³-hybridized carbons (Fsp3) is 0.250. The molecule has 0 bridgehead atoms. The van der Waals surface area contributed by atoms with Gasteiger partial charge in [-0.1, -0.05) is 44.2 Å². The van der Waals surface area contributed by atoms with Gasteiger partial charge < -0.3 is 4.57 Å². The summed E-state index contributed by atoms with van der Waals surface area (Å²) in [6, 6.07) is 16.6. The van der Waals surface area contributed by atoms with Gasteiger partial charge in [-0.25, -0.2) is 9.69 Å². The molecule has 1 aliphatic heterocycles. The Balaban J connectivity index is 1.72. The molecule has 1 aliphatic rings. The molecule has 0 aliphatic carbocycles. The average molecular weight is 456 g/mol. The summed E-state index contributed by atoms with van der Waals surface area (Å²) in [5, 5.41) is 2.31. The molecular weight excluding hydrogens is 426 g/mol. The van der Waals surface area contributed by atoms with Crippen LogP contribution in [0, 0.1) is 20.8 Å². The summed E-state index contributed by atoms with van der Waals surface area (Å²) in [5.74, 6) is -0.950. The van der Waals surface area contributed by atoms with Crippen molar-refractivity contribution in [2.24, 2.45) is 0 Å². The number of urea groups is 1. The quantitative estimate of drug-likeness (QED) is 0.403. The topological polar surface area (TPSA) is 71.4 Å². The van der Waals surface area contributed by atoms with Crippen LogP contribution in [0.2, 0.25) is 0 Å². The number of nitrogens with zero attached hydrogens (tertiary/aromatic N) is 2. The highest BCUT2D eigenvalue weighted by Gasteiger charge is 2.37. The molecule has 34 heavy (non-hydrogen) atoms. The minimum Gasteiger partial charge on any atom is -0.318 e. The summed E-state index contributed by atoms with van der Waals surface area (Å²) in [5.41, 5.74) is 6.28. The van der Waals surface area contributed by atoms with Crippen LogP contribution in [-0.4, -0.2) is 22.4 Å². The van der Waals surface area contributed by atoms with E-state index in [1.165, 1.54) is 0 Å². The van der Waals surface area contributed by atoms with Gasteiger partial charge >= 0.3 is 6.03 Å². The monoisotopic (exact) mass is 455 g/mol. The van der Waals surface area contributed by atoms with E-state index in [4.69, 9.17) is 0 Å². The number of benzene rings is 2. The van der Waals surface area contributed by atoms with E-state index in [0.29, 0.717) is 11.6 Å². The Kier molecular flexibility index (Phi) is 6.24. The number of carbonyl (C=O) groups is 3. The number of aromatic nitrogens is 1. The van der Waals surface area contributed by atoms with Crippen LogP contribution in [-0.2, 0) is 9.59 Å². The van der Waals surface area contributed by atoms with Crippen molar-refractivity contribution in [3.8, 4) is 5.69 Å². The maximum atomic E-state index is 13.3. The van der Waals surface area contributed by atoms with Gasteiger partial charge in [-0.3, -0.25) is 14.9 Å². The van der Waals surface area contributed by atoms with E-state index in [1.807, 2.05) is 63.2 Å². The first-order valence-corrected chi connectivity index (χ1v) is 11.5. The molecule has 1 aromatic heterocycles. The predicted octanol–water partition coefficient (Wildman–Crippen LogP) is 5.58. The molecule has 3 aromatic rings. The van der Waals surface area contributed by atoms with Gasteiger partial charge in [-0.05, 0) is 80.1 Å². The largest absolute Gasteiger partial charge is 0.335 e. The molecule has 0 spiro atoms. The third-order valence-electron chi connectivity index (χ3n) is 6.56. The van der Waals surface area contributed by atoms with E-state index < -0.39 is 17.8 Å². The smallest absolute Gasteiger partial charge is 0.318 e. The van der Waals surface area contributed by atoms with Gasteiger partial charge in [0.1, 0.15) is 5.57 Å². The van der Waals surface area contributed by atoms with Crippen molar-refractivity contribution in [3.05, 3.63) is 88.2 Å². The summed E-state index contributed by atoms with van der Waals surface area (Å²) in [7, 11) is 0. The summed E-state index contributed by atoms with van der Waals surface area (Å²) < 4.78 is 2.10. The number of aryl methyl sites for hydroxylation is 2. The van der Waals surface area contributed by atoms with E-state index in [-0.39, 0.29) is 5.57 Å². The van der Waals surface area contributed by atoms with Crippen LogP contribution in [0.4, 0.5) is 10.5 Å². The second-order valence-electron chi connectivity index (χ2n) is 8.81. The van der Waals surface area contributed by atoms with Crippen LogP contribution in [0.25, 0.3) is 11.8 Å². The first-order chi connectivity index (χ1) is 16.2. The molecule has 4 rings (SSSR count). The number of hydrogen-bond acceptors (Lipinski definition) is 3. The van der Waals surface area contributed by atoms with Crippen LogP contribution in [0.1, 0.15) is 54.3 Å². The number of nitrogens with one attached hydrogen (secondary N) is 1. The number of imide groups is 2. The highest BCUT2D eigenvalue weighted by atomic mass is 16.2. The van der Waals surface area contributed by atoms with Crippen LogP contribution in [0.5, 0.6) is 0 Å². The molecule has 1 N–H and O–H groups in total. The Labute approximate surface area is 199 Å². The molecule has 2 heterocycles. The number of anilines is 1. The SMILES string of the molecule is CC[C@H](C)c1ccc(N2C(=O)NC(=O)/C(=C\c3cc(C)n(-c4ccccc4C)c3C)C2=O)cc1. The molecule has 1 fully saturated rings. The number of barbiturate groups is 1. The zero-order chi connectivity index (χ0) is 24.6. The van der Waals surface area contributed by atoms with Crippen molar-refractivity contribution in [2.45, 2.75) is 47.0 Å². The summed E-state index contributed by atoms with van der Waals surface area (Å²) in [4.78, 5) is 39.6. The minimum atomic E-state index is -0.742. The third-order valence-corrected chi connectivity index (χ3v) is 6.56. The molecule has 2 aromatic carbocycles. The molecule has 174 valence electrons. The van der Waals surface area contributed by atoms with Crippen molar-refractivity contribution < 1.29 is 14.4 Å². The molecule has 6 nitrogen and oxygen atoms in total. The van der Waals surface area contributed by atoms with Crippen molar-refractivity contribution in [3.63, 3.8) is 0 Å². The number of carbonyl (C=O) groups excluding carboxylic acids is 3. The van der Waals surface area contributed by atoms with E-state index in [0.717, 1.165) is 45.1 Å². The van der Waals surface area contributed by atoms with Gasteiger partial charge in [0.2, 0.25) is 0 Å². The van der Waals surface area contributed by atoms with Gasteiger partial charge in [-0.15, -0.1) is 0 Å². The standard InChI is InChI=1S/C28H29N3O3/c1-6-17(2)21-11-13-23(14-12-21)31-27(33)24(26(32)29-28(31)34)16-22-15-19(4)30(20(22)5)25-10-8-7-9-18(25)3/h7-17H,6H2,1-5H3,(H,29,32,34)/b24-16+/t17-/m0/s1. The minimum absolute atomic E-state index is 0.0735. The zero-order valence-electron chi connectivity index (χ0n) is 20.2. The lowest BCUT2D eigenvalue weighted by Crippen LogP contribution is -2.54. The fourth-order valence-corrected chi connectivity index (χ4v) is 4.35. The lowest BCUT2D eigenvalue weighted by Gasteiger charge is -2.26. The van der Waals surface area contributed by atoms with Crippen LogP contribution < -0.4 is 10.2 Å². The fourth-order valence-electron chi connectivity index (χ4n) is 4.35. The van der Waals surface area contributed by atoms with E-state index in [9.17, 15) is 14.4 Å². The second-order valence-corrected chi connectivity index (χ2v) is 8.81. The maximum absolute atomic E-state index is 13.3. The van der Waals surface area contributed by atoms with E-state index in [2.05, 4.69) is 23.7 Å². The molecule has 0 unspecified atom stereocenters. The molecule has 0 radical (unpaired) electrons. The van der Waals surface area contributed by atoms with Crippen molar-refractivity contribution in [1.82, 2.24) is 9.88 Å². The molecule has 6 heteroatoms. The third kappa shape index (κ3) is 4.07. The van der Waals surface area contributed by atoms with Gasteiger partial charge in [0.05, 0.1) is 5.69 Å². The second kappa shape index (κ2) is 9.14. The molecule has 1 saturated heterocycles. The first-order valence-electron chi connectivity index (χ1n) is 11.5. The zero-order valence-corrected chi connectivity index (χ0v) is 20.2. The number of hydrogen-bond donors (Lipinski definition) is 1. The molecular formula is C28H29N3O3. The Morgan fingerprint density at radius 2 is 1.65 bits per heavy atom. The first kappa shape index (κ1) is 23.2. The van der Waals surface area contributed by atoms with Gasteiger partial charge in [0, 0.05) is 17.1 Å².